The largest absolute Gasteiger partial charge is 0.382 e. The maximum Gasteiger partial charge on any atom is 0.269 e. The molecule has 0 aliphatic heterocycles. The highest BCUT2D eigenvalue weighted by atomic mass is 79.9. The van der Waals surface area contributed by atoms with Crippen LogP contribution in [-0.2, 0) is 0 Å². The quantitative estimate of drug-likeness (QED) is 0.813. The zero-order valence-electron chi connectivity index (χ0n) is 9.77. The van der Waals surface area contributed by atoms with E-state index in [-0.39, 0.29) is 11.9 Å². The number of hydrogen-bond acceptors (Lipinski definition) is 3. The number of hydrogen-bond donors (Lipinski definition) is 3. The van der Waals surface area contributed by atoms with Gasteiger partial charge in [-0.2, -0.15) is 5.10 Å². The zero-order valence-corrected chi connectivity index (χ0v) is 11.4. The number of H-pyrrole nitrogens is 1. The van der Waals surface area contributed by atoms with E-state index in [1.54, 1.807) is 0 Å². The van der Waals surface area contributed by atoms with E-state index in [0.29, 0.717) is 11.5 Å². The molecule has 2 rings (SSSR count). The first kappa shape index (κ1) is 12.6. The van der Waals surface area contributed by atoms with E-state index < -0.39 is 0 Å². The zero-order chi connectivity index (χ0) is 13.1. The van der Waals surface area contributed by atoms with E-state index in [4.69, 9.17) is 5.73 Å². The molecule has 5 nitrogen and oxygen atoms in total. The van der Waals surface area contributed by atoms with Crippen molar-refractivity contribution in [1.29, 1.82) is 0 Å². The topological polar surface area (TPSA) is 83.8 Å². The molecule has 4 N–H and O–H groups in total. The van der Waals surface area contributed by atoms with Gasteiger partial charge in [-0.3, -0.25) is 9.89 Å². The minimum Gasteiger partial charge on any atom is -0.382 e. The number of rotatable bonds is 3. The Kier molecular flexibility index (Phi) is 3.66. The molecule has 94 valence electrons. The first-order valence-electron chi connectivity index (χ1n) is 5.43. The molecule has 0 radical (unpaired) electrons. The molecule has 0 bridgehead atoms. The van der Waals surface area contributed by atoms with Gasteiger partial charge in [0, 0.05) is 10.5 Å². The lowest BCUT2D eigenvalue weighted by Gasteiger charge is -2.13. The van der Waals surface area contributed by atoms with Gasteiger partial charge in [-0.1, -0.05) is 28.1 Å². The minimum absolute atomic E-state index is 0.0878. The lowest BCUT2D eigenvalue weighted by atomic mass is 10.1. The molecule has 0 saturated heterocycles. The van der Waals surface area contributed by atoms with Crippen LogP contribution in [0, 0.1) is 0 Å². The average molecular weight is 309 g/mol. The summed E-state index contributed by atoms with van der Waals surface area (Å²) in [5.41, 5.74) is 6.83. The van der Waals surface area contributed by atoms with E-state index >= 15 is 0 Å². The molecule has 0 aliphatic rings. The smallest absolute Gasteiger partial charge is 0.269 e. The van der Waals surface area contributed by atoms with Gasteiger partial charge in [0.1, 0.15) is 11.5 Å². The summed E-state index contributed by atoms with van der Waals surface area (Å²) in [7, 11) is 0. The Morgan fingerprint density at radius 2 is 2.11 bits per heavy atom. The molecular weight excluding hydrogens is 296 g/mol. The van der Waals surface area contributed by atoms with Crippen LogP contribution >= 0.6 is 15.9 Å². The van der Waals surface area contributed by atoms with E-state index in [2.05, 4.69) is 31.4 Å². The van der Waals surface area contributed by atoms with E-state index in [1.807, 2.05) is 31.2 Å². The van der Waals surface area contributed by atoms with E-state index in [9.17, 15) is 4.79 Å². The molecule has 18 heavy (non-hydrogen) atoms. The Morgan fingerprint density at radius 3 is 2.67 bits per heavy atom. The molecule has 2 aromatic rings. The summed E-state index contributed by atoms with van der Waals surface area (Å²) >= 11 is 3.37. The van der Waals surface area contributed by atoms with Gasteiger partial charge in [0.15, 0.2) is 0 Å². The van der Waals surface area contributed by atoms with E-state index in [1.165, 1.54) is 6.07 Å². The van der Waals surface area contributed by atoms with Gasteiger partial charge in [-0.15, -0.1) is 0 Å². The third-order valence-corrected chi connectivity index (χ3v) is 3.09. The van der Waals surface area contributed by atoms with Crippen LogP contribution in [0.15, 0.2) is 34.8 Å². The van der Waals surface area contributed by atoms with Crippen LogP contribution < -0.4 is 11.1 Å². The summed E-state index contributed by atoms with van der Waals surface area (Å²) in [6.45, 7) is 1.92. The normalized spacial score (nSPS) is 12.1. The number of amides is 1. The molecule has 1 amide bonds. The van der Waals surface area contributed by atoms with Crippen molar-refractivity contribution < 1.29 is 4.79 Å². The second kappa shape index (κ2) is 5.22. The Hall–Kier alpha value is -1.82. The maximum atomic E-state index is 11.9. The lowest BCUT2D eigenvalue weighted by Crippen LogP contribution is -2.26. The average Bonchev–Trinajstić information content (AvgIpc) is 2.76. The Morgan fingerprint density at radius 1 is 1.44 bits per heavy atom. The van der Waals surface area contributed by atoms with Gasteiger partial charge in [-0.05, 0) is 24.6 Å². The first-order valence-corrected chi connectivity index (χ1v) is 6.23. The van der Waals surface area contributed by atoms with Crippen molar-refractivity contribution in [3.05, 3.63) is 46.1 Å². The van der Waals surface area contributed by atoms with Crippen LogP contribution in [0.3, 0.4) is 0 Å². The summed E-state index contributed by atoms with van der Waals surface area (Å²) in [5, 5.41) is 9.16. The molecule has 0 aliphatic carbocycles. The van der Waals surface area contributed by atoms with Gasteiger partial charge in [-0.25, -0.2) is 0 Å². The van der Waals surface area contributed by atoms with Crippen LogP contribution in [0.1, 0.15) is 29.0 Å². The number of aromatic nitrogens is 2. The molecule has 0 saturated carbocycles. The van der Waals surface area contributed by atoms with Crippen molar-refractivity contribution in [1.82, 2.24) is 15.5 Å². The fourth-order valence-corrected chi connectivity index (χ4v) is 1.83. The highest BCUT2D eigenvalue weighted by molar-refractivity contribution is 9.10. The summed E-state index contributed by atoms with van der Waals surface area (Å²) < 4.78 is 1.01. The number of carbonyl (C=O) groups is 1. The maximum absolute atomic E-state index is 11.9. The number of nitrogens with two attached hydrogens (primary N) is 1. The van der Waals surface area contributed by atoms with Crippen LogP contribution in [0.25, 0.3) is 0 Å². The van der Waals surface area contributed by atoms with Crippen LogP contribution in [0.4, 0.5) is 5.82 Å². The Labute approximate surface area is 113 Å². The van der Waals surface area contributed by atoms with Crippen molar-refractivity contribution in [3.8, 4) is 0 Å². The molecule has 1 aromatic heterocycles. The number of halogens is 1. The van der Waals surface area contributed by atoms with Crippen molar-refractivity contribution in [2.45, 2.75) is 13.0 Å². The first-order chi connectivity index (χ1) is 8.56. The third-order valence-electron chi connectivity index (χ3n) is 2.56. The second-order valence-electron chi connectivity index (χ2n) is 3.95. The Bertz CT molecular complexity index is 549. The van der Waals surface area contributed by atoms with Crippen LogP contribution in [-0.4, -0.2) is 16.1 Å². The SMILES string of the molecule is C[C@@H](NC(=O)c1cc(N)n[nH]1)c1ccc(Br)cc1. The van der Waals surface area contributed by atoms with Gasteiger partial charge >= 0.3 is 0 Å². The number of nitrogens with zero attached hydrogens (tertiary/aromatic N) is 1. The number of carbonyl (C=O) groups excluding carboxylic acids is 1. The molecular formula is C12H13BrN4O. The highest BCUT2D eigenvalue weighted by Gasteiger charge is 2.13. The summed E-state index contributed by atoms with van der Waals surface area (Å²) in [6, 6.07) is 9.20. The molecule has 1 aromatic carbocycles. The predicted molar refractivity (Wildman–Crippen MR) is 73.0 cm³/mol. The van der Waals surface area contributed by atoms with Gasteiger partial charge in [0.05, 0.1) is 6.04 Å². The van der Waals surface area contributed by atoms with Crippen molar-refractivity contribution >= 4 is 27.7 Å². The second-order valence-corrected chi connectivity index (χ2v) is 4.87. The standard InChI is InChI=1S/C12H13BrN4O/c1-7(8-2-4-9(13)5-3-8)15-12(18)10-6-11(14)17-16-10/h2-7H,1H3,(H,15,18)(H3,14,16,17)/t7-/m1/s1. The number of benzene rings is 1. The predicted octanol–water partition coefficient (Wildman–Crippen LogP) is 2.25. The molecule has 1 heterocycles. The van der Waals surface area contributed by atoms with Crippen molar-refractivity contribution in [2.75, 3.05) is 5.73 Å². The fourth-order valence-electron chi connectivity index (χ4n) is 1.56. The highest BCUT2D eigenvalue weighted by Crippen LogP contribution is 2.16. The third kappa shape index (κ3) is 2.89. The van der Waals surface area contributed by atoms with Crippen LogP contribution in [0.5, 0.6) is 0 Å². The Balaban J connectivity index is 2.05. The molecule has 0 unspecified atom stereocenters. The minimum atomic E-state index is -0.227. The van der Waals surface area contributed by atoms with Crippen LogP contribution in [0.2, 0.25) is 0 Å². The number of nitrogen functional groups attached to an aromatic ring is 1. The van der Waals surface area contributed by atoms with Gasteiger partial charge < -0.3 is 11.1 Å². The molecule has 0 spiro atoms. The van der Waals surface area contributed by atoms with Gasteiger partial charge in [0.2, 0.25) is 0 Å². The monoisotopic (exact) mass is 308 g/mol. The number of anilines is 1. The molecule has 1 atom stereocenters. The molecule has 0 fully saturated rings. The van der Waals surface area contributed by atoms with Crippen molar-refractivity contribution in [2.24, 2.45) is 0 Å². The number of nitrogens with one attached hydrogen (secondary N) is 2. The fraction of sp³-hybridized carbons (Fsp3) is 0.167. The molecule has 6 heteroatoms. The summed E-state index contributed by atoms with van der Waals surface area (Å²) in [5.74, 6) is 0.0751. The number of aromatic amines is 1. The summed E-state index contributed by atoms with van der Waals surface area (Å²) in [4.78, 5) is 11.9. The van der Waals surface area contributed by atoms with Crippen molar-refractivity contribution in [3.63, 3.8) is 0 Å². The van der Waals surface area contributed by atoms with Gasteiger partial charge in [0.25, 0.3) is 5.91 Å². The summed E-state index contributed by atoms with van der Waals surface area (Å²) in [6.07, 6.45) is 0. The lowest BCUT2D eigenvalue weighted by molar-refractivity contribution is 0.0935. The van der Waals surface area contributed by atoms with E-state index in [0.717, 1.165) is 10.0 Å².